The molecule has 9 heteroatoms. The molecule has 0 atom stereocenters. The fraction of sp³-hybridized carbons (Fsp3) is 0.0435. The molecule has 0 unspecified atom stereocenters. The van der Waals surface area contributed by atoms with Crippen LogP contribution in [0, 0.1) is 6.92 Å². The van der Waals surface area contributed by atoms with Gasteiger partial charge in [-0.2, -0.15) is 0 Å². The monoisotopic (exact) mass is 494 g/mol. The zero-order valence-corrected chi connectivity index (χ0v) is 18.2. The number of carbonyl (C=O) groups is 4. The van der Waals surface area contributed by atoms with Crippen LogP contribution in [0.3, 0.4) is 0 Å². The van der Waals surface area contributed by atoms with Crippen molar-refractivity contribution in [2.75, 3.05) is 4.90 Å². The van der Waals surface area contributed by atoms with E-state index in [4.69, 9.17) is 9.52 Å². The van der Waals surface area contributed by atoms with Crippen LogP contribution in [0.25, 0.3) is 17.4 Å². The van der Waals surface area contributed by atoms with Gasteiger partial charge in [0.2, 0.25) is 0 Å². The van der Waals surface area contributed by atoms with E-state index >= 15 is 0 Å². The van der Waals surface area contributed by atoms with Crippen molar-refractivity contribution in [1.29, 1.82) is 0 Å². The molecule has 0 aliphatic carbocycles. The Kier molecular flexibility index (Phi) is 5.50. The Bertz CT molecular complexity index is 1320. The quantitative estimate of drug-likeness (QED) is 0.410. The zero-order chi connectivity index (χ0) is 23.0. The standard InChI is InChI=1S/C23H15BrN2O6/c1-12-9-15(5-7-18(12)24)26-21(28)17(20(27)25-23(26)31)11-16-6-8-19(32-16)13-3-2-4-14(10-13)22(29)30/h2-11H,1H3,(H,29,30)(H,25,27,31)/b17-11-. The Morgan fingerprint density at radius 3 is 2.59 bits per heavy atom. The SMILES string of the molecule is Cc1cc(N2C(=O)NC(=O)/C(=C/c3ccc(-c4cccc(C(=O)O)c4)o3)C2=O)ccc1Br. The maximum Gasteiger partial charge on any atom is 0.335 e. The number of imide groups is 2. The van der Waals surface area contributed by atoms with Crippen LogP contribution in [0.4, 0.5) is 10.5 Å². The lowest BCUT2D eigenvalue weighted by Crippen LogP contribution is -2.54. The minimum Gasteiger partial charge on any atom is -0.478 e. The number of carboxylic acids is 1. The topological polar surface area (TPSA) is 117 Å². The Morgan fingerprint density at radius 1 is 1.09 bits per heavy atom. The van der Waals surface area contributed by atoms with Crippen molar-refractivity contribution in [2.24, 2.45) is 0 Å². The average molecular weight is 495 g/mol. The van der Waals surface area contributed by atoms with Crippen LogP contribution in [0.1, 0.15) is 21.7 Å². The molecule has 1 aliphatic heterocycles. The lowest BCUT2D eigenvalue weighted by molar-refractivity contribution is -0.122. The second-order valence-corrected chi connectivity index (χ2v) is 7.83. The number of rotatable bonds is 4. The van der Waals surface area contributed by atoms with Crippen molar-refractivity contribution in [2.45, 2.75) is 6.92 Å². The molecular formula is C23H15BrN2O6. The molecular weight excluding hydrogens is 480 g/mol. The highest BCUT2D eigenvalue weighted by Crippen LogP contribution is 2.28. The third-order valence-corrected chi connectivity index (χ3v) is 5.70. The van der Waals surface area contributed by atoms with E-state index in [1.807, 2.05) is 6.92 Å². The predicted molar refractivity (Wildman–Crippen MR) is 119 cm³/mol. The van der Waals surface area contributed by atoms with Crippen molar-refractivity contribution >= 4 is 51.5 Å². The van der Waals surface area contributed by atoms with Gasteiger partial charge in [0.25, 0.3) is 11.8 Å². The molecule has 2 aromatic carbocycles. The number of aryl methyl sites for hydroxylation is 1. The summed E-state index contributed by atoms with van der Waals surface area (Å²) in [5.41, 5.74) is 1.48. The van der Waals surface area contributed by atoms with Crippen molar-refractivity contribution in [3.8, 4) is 11.3 Å². The van der Waals surface area contributed by atoms with Crippen LogP contribution in [-0.4, -0.2) is 28.9 Å². The van der Waals surface area contributed by atoms with E-state index in [2.05, 4.69) is 21.2 Å². The van der Waals surface area contributed by atoms with Crippen LogP contribution in [0.15, 0.2) is 69.1 Å². The van der Waals surface area contributed by atoms with Crippen molar-refractivity contribution in [3.63, 3.8) is 0 Å². The second kappa shape index (κ2) is 8.27. The molecule has 8 nitrogen and oxygen atoms in total. The fourth-order valence-electron chi connectivity index (χ4n) is 3.19. The maximum absolute atomic E-state index is 13.0. The number of halogens is 1. The molecule has 1 aliphatic rings. The van der Waals surface area contributed by atoms with Crippen LogP contribution in [0.5, 0.6) is 0 Å². The number of barbiturate groups is 1. The highest BCUT2D eigenvalue weighted by Gasteiger charge is 2.37. The lowest BCUT2D eigenvalue weighted by Gasteiger charge is -2.26. The Morgan fingerprint density at radius 2 is 1.88 bits per heavy atom. The van der Waals surface area contributed by atoms with Crippen LogP contribution in [-0.2, 0) is 9.59 Å². The number of nitrogens with one attached hydrogen (secondary N) is 1. The highest BCUT2D eigenvalue weighted by molar-refractivity contribution is 9.10. The van der Waals surface area contributed by atoms with Gasteiger partial charge < -0.3 is 9.52 Å². The van der Waals surface area contributed by atoms with Crippen molar-refractivity contribution in [1.82, 2.24) is 5.32 Å². The number of nitrogens with zero attached hydrogens (tertiary/aromatic N) is 1. The van der Waals surface area contributed by atoms with E-state index in [1.165, 1.54) is 18.2 Å². The van der Waals surface area contributed by atoms with Gasteiger partial charge in [0.15, 0.2) is 0 Å². The molecule has 1 fully saturated rings. The van der Waals surface area contributed by atoms with Gasteiger partial charge in [-0.1, -0.05) is 28.1 Å². The first kappa shape index (κ1) is 21.3. The summed E-state index contributed by atoms with van der Waals surface area (Å²) in [6, 6.07) is 13.4. The first-order valence-corrected chi connectivity index (χ1v) is 10.1. The summed E-state index contributed by atoms with van der Waals surface area (Å²) in [6.45, 7) is 1.81. The lowest BCUT2D eigenvalue weighted by atomic mass is 10.1. The first-order valence-electron chi connectivity index (χ1n) is 9.36. The smallest absolute Gasteiger partial charge is 0.335 e. The van der Waals surface area contributed by atoms with Gasteiger partial charge in [0.05, 0.1) is 11.3 Å². The van der Waals surface area contributed by atoms with Gasteiger partial charge in [-0.25, -0.2) is 14.5 Å². The maximum atomic E-state index is 13.0. The number of hydrogen-bond donors (Lipinski definition) is 2. The molecule has 160 valence electrons. The van der Waals surface area contributed by atoms with E-state index in [1.54, 1.807) is 42.5 Å². The molecule has 4 amide bonds. The van der Waals surface area contributed by atoms with Crippen LogP contribution < -0.4 is 10.2 Å². The van der Waals surface area contributed by atoms with Crippen molar-refractivity contribution in [3.05, 3.63) is 81.5 Å². The predicted octanol–water partition coefficient (Wildman–Crippen LogP) is 4.38. The summed E-state index contributed by atoms with van der Waals surface area (Å²) in [5, 5.41) is 11.3. The summed E-state index contributed by atoms with van der Waals surface area (Å²) in [5.74, 6) is -2.14. The van der Waals surface area contributed by atoms with Crippen LogP contribution in [0.2, 0.25) is 0 Å². The van der Waals surface area contributed by atoms with Gasteiger partial charge >= 0.3 is 12.0 Å². The Hall–Kier alpha value is -3.98. The van der Waals surface area contributed by atoms with E-state index in [-0.39, 0.29) is 16.9 Å². The molecule has 2 heterocycles. The summed E-state index contributed by atoms with van der Waals surface area (Å²) in [6.07, 6.45) is 1.24. The average Bonchev–Trinajstić information content (AvgIpc) is 3.22. The minimum absolute atomic E-state index is 0.0968. The molecule has 0 bridgehead atoms. The van der Waals surface area contributed by atoms with Gasteiger partial charge in [0, 0.05) is 10.0 Å². The molecule has 4 rings (SSSR count). The number of carboxylic acid groups (broad SMARTS) is 1. The summed E-state index contributed by atoms with van der Waals surface area (Å²) < 4.78 is 6.51. The number of carbonyl (C=O) groups excluding carboxylic acids is 3. The van der Waals surface area contributed by atoms with Gasteiger partial charge in [0.1, 0.15) is 17.1 Å². The number of anilines is 1. The molecule has 3 aromatic rings. The second-order valence-electron chi connectivity index (χ2n) is 6.98. The molecule has 0 spiro atoms. The molecule has 32 heavy (non-hydrogen) atoms. The zero-order valence-electron chi connectivity index (χ0n) is 16.6. The normalized spacial score (nSPS) is 15.2. The van der Waals surface area contributed by atoms with Gasteiger partial charge in [-0.3, -0.25) is 14.9 Å². The molecule has 2 N–H and O–H groups in total. The largest absolute Gasteiger partial charge is 0.478 e. The Balaban J connectivity index is 1.67. The number of amides is 4. The summed E-state index contributed by atoms with van der Waals surface area (Å²) >= 11 is 3.37. The number of benzene rings is 2. The molecule has 0 saturated carbocycles. The van der Waals surface area contributed by atoms with Crippen molar-refractivity contribution < 1.29 is 28.7 Å². The summed E-state index contributed by atoms with van der Waals surface area (Å²) in [4.78, 5) is 49.8. The first-order chi connectivity index (χ1) is 15.2. The van der Waals surface area contributed by atoms with Gasteiger partial charge in [-0.15, -0.1) is 0 Å². The van der Waals surface area contributed by atoms with Crippen LogP contribution >= 0.6 is 15.9 Å². The highest BCUT2D eigenvalue weighted by atomic mass is 79.9. The van der Waals surface area contributed by atoms with E-state index in [0.717, 1.165) is 14.9 Å². The molecule has 1 saturated heterocycles. The fourth-order valence-corrected chi connectivity index (χ4v) is 3.44. The molecule has 0 radical (unpaired) electrons. The minimum atomic E-state index is -1.07. The number of urea groups is 1. The number of hydrogen-bond acceptors (Lipinski definition) is 5. The third-order valence-electron chi connectivity index (χ3n) is 4.81. The molecule has 1 aromatic heterocycles. The van der Waals surface area contributed by atoms with E-state index < -0.39 is 23.8 Å². The van der Waals surface area contributed by atoms with E-state index in [0.29, 0.717) is 17.0 Å². The number of furan rings is 1. The van der Waals surface area contributed by atoms with Gasteiger partial charge in [-0.05, 0) is 61.0 Å². The Labute approximate surface area is 190 Å². The third kappa shape index (κ3) is 3.97. The number of aromatic carboxylic acids is 1. The summed E-state index contributed by atoms with van der Waals surface area (Å²) in [7, 11) is 0. The van der Waals surface area contributed by atoms with E-state index in [9.17, 15) is 19.2 Å².